The van der Waals surface area contributed by atoms with Gasteiger partial charge in [0.15, 0.2) is 5.78 Å². The summed E-state index contributed by atoms with van der Waals surface area (Å²) in [6.45, 7) is 7.47. The summed E-state index contributed by atoms with van der Waals surface area (Å²) in [5, 5.41) is 4.87. The Bertz CT molecular complexity index is 806. The van der Waals surface area contributed by atoms with Crippen LogP contribution in [0.2, 0.25) is 10.0 Å². The van der Waals surface area contributed by atoms with E-state index in [1.54, 1.807) is 18.2 Å². The molecule has 1 heterocycles. The number of benzene rings is 1. The lowest BCUT2D eigenvalue weighted by Crippen LogP contribution is -2.57. The van der Waals surface area contributed by atoms with Crippen LogP contribution in [0.5, 0.6) is 0 Å². The number of ketones is 2. The number of carbonyl (C=O) groups excluding carboxylic acids is 2. The van der Waals surface area contributed by atoms with Gasteiger partial charge in [0, 0.05) is 17.1 Å². The summed E-state index contributed by atoms with van der Waals surface area (Å²) in [4.78, 5) is 31.9. The Morgan fingerprint density at radius 2 is 1.72 bits per heavy atom. The van der Waals surface area contributed by atoms with Crippen molar-refractivity contribution >= 4 is 40.5 Å². The van der Waals surface area contributed by atoms with E-state index in [2.05, 4.69) is 5.16 Å². The van der Waals surface area contributed by atoms with E-state index in [1.165, 1.54) is 6.08 Å². The molecule has 2 unspecified atom stereocenters. The number of hydrogen-bond acceptors (Lipinski definition) is 4. The van der Waals surface area contributed by atoms with Crippen LogP contribution < -0.4 is 0 Å². The van der Waals surface area contributed by atoms with Crippen LogP contribution in [0.4, 0.5) is 0 Å². The summed E-state index contributed by atoms with van der Waals surface area (Å²) < 4.78 is 0. The molecule has 2 atom stereocenters. The number of allylic oxidation sites excluding steroid dienone is 1. The lowest BCUT2D eigenvalue weighted by Gasteiger charge is -2.38. The second-order valence-electron chi connectivity index (χ2n) is 7.03. The molecule has 0 fully saturated rings. The predicted molar refractivity (Wildman–Crippen MR) is 98.1 cm³/mol. The summed E-state index contributed by atoms with van der Waals surface area (Å²) in [6.07, 6.45) is 1.42. The van der Waals surface area contributed by atoms with Gasteiger partial charge in [0.25, 0.3) is 0 Å². The topological polar surface area (TPSA) is 55.7 Å². The average Bonchev–Trinajstić information content (AvgIpc) is 2.93. The van der Waals surface area contributed by atoms with E-state index in [0.29, 0.717) is 26.9 Å². The summed E-state index contributed by atoms with van der Waals surface area (Å²) in [5.41, 5.74) is -0.109. The van der Waals surface area contributed by atoms with E-state index in [9.17, 15) is 9.59 Å². The van der Waals surface area contributed by atoms with Crippen LogP contribution in [0.15, 0.2) is 35.0 Å². The quantitative estimate of drug-likeness (QED) is 0.777. The average molecular weight is 380 g/mol. The van der Waals surface area contributed by atoms with Crippen molar-refractivity contribution in [2.75, 3.05) is 0 Å². The van der Waals surface area contributed by atoms with Crippen LogP contribution in [0.1, 0.15) is 33.3 Å². The molecule has 2 aliphatic rings. The molecule has 0 aromatic heterocycles. The van der Waals surface area contributed by atoms with Gasteiger partial charge in [-0.2, -0.15) is 0 Å². The van der Waals surface area contributed by atoms with Crippen LogP contribution >= 0.6 is 23.2 Å². The Morgan fingerprint density at radius 3 is 2.24 bits per heavy atom. The first-order valence-corrected chi connectivity index (χ1v) is 8.98. The molecule has 1 aromatic rings. The molecule has 0 amide bonds. The molecular formula is C19H19Cl2NO3. The Morgan fingerprint density at radius 1 is 1.12 bits per heavy atom. The monoisotopic (exact) mass is 379 g/mol. The van der Waals surface area contributed by atoms with Crippen molar-refractivity contribution in [3.8, 4) is 0 Å². The number of carbonyl (C=O) groups is 2. The maximum atomic E-state index is 13.2. The summed E-state index contributed by atoms with van der Waals surface area (Å²) >= 11 is 12.6. The van der Waals surface area contributed by atoms with Crippen LogP contribution in [0.25, 0.3) is 0 Å². The van der Waals surface area contributed by atoms with Gasteiger partial charge in [-0.15, -0.1) is 0 Å². The Kier molecular flexibility index (Phi) is 4.54. The van der Waals surface area contributed by atoms with Gasteiger partial charge in [-0.25, -0.2) is 0 Å². The highest BCUT2D eigenvalue weighted by Crippen LogP contribution is 2.46. The third-order valence-electron chi connectivity index (χ3n) is 4.90. The molecule has 1 aromatic carbocycles. The van der Waals surface area contributed by atoms with Gasteiger partial charge >= 0.3 is 0 Å². The van der Waals surface area contributed by atoms with Crippen molar-refractivity contribution in [1.82, 2.24) is 0 Å². The van der Waals surface area contributed by atoms with Crippen molar-refractivity contribution in [2.45, 2.75) is 33.3 Å². The first kappa shape index (κ1) is 18.2. The summed E-state index contributed by atoms with van der Waals surface area (Å²) in [5.74, 6) is -1.57. The molecule has 1 aliphatic heterocycles. The number of rotatable bonds is 3. The zero-order valence-corrected chi connectivity index (χ0v) is 16.0. The van der Waals surface area contributed by atoms with Gasteiger partial charge < -0.3 is 4.84 Å². The number of oxime groups is 1. The second kappa shape index (κ2) is 6.26. The zero-order valence-electron chi connectivity index (χ0n) is 14.5. The van der Waals surface area contributed by atoms with Gasteiger partial charge in [0.05, 0.1) is 10.0 Å². The third-order valence-corrected chi connectivity index (χ3v) is 5.53. The highest BCUT2D eigenvalue weighted by molar-refractivity contribution is 6.42. The van der Waals surface area contributed by atoms with Gasteiger partial charge in [-0.3, -0.25) is 9.59 Å². The smallest absolute Gasteiger partial charge is 0.217 e. The first-order chi connectivity index (χ1) is 11.7. The molecule has 6 heteroatoms. The molecule has 4 nitrogen and oxygen atoms in total. The minimum Gasteiger partial charge on any atom is -0.379 e. The predicted octanol–water partition coefficient (Wildman–Crippen LogP) is 4.47. The van der Waals surface area contributed by atoms with Crippen molar-refractivity contribution < 1.29 is 14.4 Å². The van der Waals surface area contributed by atoms with Crippen molar-refractivity contribution in [3.05, 3.63) is 45.5 Å². The lowest BCUT2D eigenvalue weighted by molar-refractivity contribution is -0.155. The molecule has 0 saturated carbocycles. The molecule has 0 radical (unpaired) electrons. The van der Waals surface area contributed by atoms with Gasteiger partial charge in [0.1, 0.15) is 11.6 Å². The van der Waals surface area contributed by atoms with Crippen LogP contribution in [-0.4, -0.2) is 22.9 Å². The fourth-order valence-corrected chi connectivity index (χ4v) is 4.13. The standard InChI is InChI=1S/C19H19Cl2NO3/c1-9(2)11-8-14(23)16-17(15-12(20)6-5-7-13(15)21)22-25-19(16,10(3)4)18(11)24/h5-10,16H,1-4H3. The zero-order chi connectivity index (χ0) is 18.5. The highest BCUT2D eigenvalue weighted by atomic mass is 35.5. The fraction of sp³-hybridized carbons (Fsp3) is 0.421. The Balaban J connectivity index is 2.21. The minimum absolute atomic E-state index is 0.0791. The SMILES string of the molecule is CC(C)C1=CC(=O)C2C(c3c(Cl)cccc3Cl)=NOC2(C(C)C)C1=O. The Hall–Kier alpha value is -1.65. The molecular weight excluding hydrogens is 361 g/mol. The van der Waals surface area contributed by atoms with Crippen molar-refractivity contribution in [2.24, 2.45) is 22.9 Å². The minimum atomic E-state index is -1.34. The number of halogens is 2. The molecule has 0 saturated heterocycles. The number of fused-ring (bicyclic) bond motifs is 1. The third kappa shape index (κ3) is 2.54. The molecule has 0 N–H and O–H groups in total. The fourth-order valence-electron chi connectivity index (χ4n) is 3.54. The highest BCUT2D eigenvalue weighted by Gasteiger charge is 2.62. The molecule has 0 bridgehead atoms. The summed E-state index contributed by atoms with van der Waals surface area (Å²) in [7, 11) is 0. The number of hydrogen-bond donors (Lipinski definition) is 0. The Labute approximate surface area is 156 Å². The lowest BCUT2D eigenvalue weighted by atomic mass is 9.65. The molecule has 25 heavy (non-hydrogen) atoms. The maximum Gasteiger partial charge on any atom is 0.217 e. The van der Waals surface area contributed by atoms with Crippen LogP contribution in [0.3, 0.4) is 0 Å². The van der Waals surface area contributed by atoms with Crippen LogP contribution in [0, 0.1) is 17.8 Å². The van der Waals surface area contributed by atoms with Gasteiger partial charge in [-0.1, -0.05) is 62.1 Å². The van der Waals surface area contributed by atoms with E-state index in [-0.39, 0.29) is 23.4 Å². The maximum absolute atomic E-state index is 13.2. The molecule has 132 valence electrons. The van der Waals surface area contributed by atoms with E-state index in [0.717, 1.165) is 0 Å². The van der Waals surface area contributed by atoms with Crippen molar-refractivity contribution in [1.29, 1.82) is 0 Å². The van der Waals surface area contributed by atoms with Crippen molar-refractivity contribution in [3.63, 3.8) is 0 Å². The number of Topliss-reactive ketones (excluding diaryl/α,β-unsaturated/α-hetero) is 1. The van der Waals surface area contributed by atoms with Crippen LogP contribution in [-0.2, 0) is 14.4 Å². The second-order valence-corrected chi connectivity index (χ2v) is 7.85. The van der Waals surface area contributed by atoms with E-state index >= 15 is 0 Å². The van der Waals surface area contributed by atoms with E-state index in [1.807, 2.05) is 27.7 Å². The van der Waals surface area contributed by atoms with Gasteiger partial charge in [0.2, 0.25) is 11.4 Å². The van der Waals surface area contributed by atoms with E-state index < -0.39 is 11.5 Å². The van der Waals surface area contributed by atoms with E-state index in [4.69, 9.17) is 28.0 Å². The molecule has 3 rings (SSSR count). The number of nitrogens with zero attached hydrogens (tertiary/aromatic N) is 1. The van der Waals surface area contributed by atoms with Gasteiger partial charge in [-0.05, 0) is 24.1 Å². The first-order valence-electron chi connectivity index (χ1n) is 8.22. The molecule has 1 aliphatic carbocycles. The summed E-state index contributed by atoms with van der Waals surface area (Å²) in [6, 6.07) is 5.06. The molecule has 0 spiro atoms. The normalized spacial score (nSPS) is 25.8. The largest absolute Gasteiger partial charge is 0.379 e.